The molecule has 2 saturated heterocycles. The molecule has 5 rings (SSSR count). The number of nitrogens with one attached hydrogen (secondary N) is 2. The number of ether oxygens (including phenoxy) is 1. The van der Waals surface area contributed by atoms with Gasteiger partial charge in [-0.2, -0.15) is 10.1 Å². The number of hydrogen-bond donors (Lipinski definition) is 4. The van der Waals surface area contributed by atoms with Crippen LogP contribution in [0.4, 0.5) is 16.6 Å². The number of aromatic nitrogens is 5. The summed E-state index contributed by atoms with van der Waals surface area (Å²) in [4.78, 5) is 30.1. The first-order chi connectivity index (χ1) is 20.9. The number of nitrogens with zero attached hydrogens (tertiary/aromatic N) is 7. The van der Waals surface area contributed by atoms with Crippen molar-refractivity contribution >= 4 is 28.9 Å². The van der Waals surface area contributed by atoms with Gasteiger partial charge in [-0.05, 0) is 89.3 Å². The molecule has 13 nitrogen and oxygen atoms in total. The quantitative estimate of drug-likeness (QED) is 0.243. The SMILES string of the molecule is CCCC(CCO)Nc1nc(NC(=O)O)nc2cnn(Cc3ncc(C4CCN(C5CCN(C)CC5)CC4)cc3OC)c12. The zero-order valence-electron chi connectivity index (χ0n) is 25.5. The minimum atomic E-state index is -1.25. The van der Waals surface area contributed by atoms with Crippen LogP contribution >= 0.6 is 0 Å². The molecule has 43 heavy (non-hydrogen) atoms. The lowest BCUT2D eigenvalue weighted by molar-refractivity contribution is 0.0965. The van der Waals surface area contributed by atoms with Crippen molar-refractivity contribution in [1.82, 2.24) is 34.5 Å². The van der Waals surface area contributed by atoms with Gasteiger partial charge in [-0.1, -0.05) is 13.3 Å². The van der Waals surface area contributed by atoms with E-state index in [-0.39, 0.29) is 18.6 Å². The number of anilines is 2. The monoisotopic (exact) mass is 595 g/mol. The van der Waals surface area contributed by atoms with Gasteiger partial charge in [0.2, 0.25) is 5.95 Å². The van der Waals surface area contributed by atoms with E-state index in [9.17, 15) is 15.0 Å². The average molecular weight is 596 g/mol. The van der Waals surface area contributed by atoms with Crippen LogP contribution in [0, 0.1) is 0 Å². The van der Waals surface area contributed by atoms with Crippen LogP contribution < -0.4 is 15.4 Å². The molecule has 5 heterocycles. The molecule has 0 radical (unpaired) electrons. The van der Waals surface area contributed by atoms with Crippen LogP contribution in [-0.4, -0.2) is 110 Å². The summed E-state index contributed by atoms with van der Waals surface area (Å²) in [5.41, 5.74) is 3.06. The number of pyridine rings is 1. The average Bonchev–Trinajstić information content (AvgIpc) is 3.40. The van der Waals surface area contributed by atoms with Crippen molar-refractivity contribution in [2.45, 2.75) is 76.4 Å². The van der Waals surface area contributed by atoms with Gasteiger partial charge >= 0.3 is 6.09 Å². The lowest BCUT2D eigenvalue weighted by Gasteiger charge is -2.41. The van der Waals surface area contributed by atoms with Crippen LogP contribution in [0.2, 0.25) is 0 Å². The summed E-state index contributed by atoms with van der Waals surface area (Å²) in [5.74, 6) is 1.57. The van der Waals surface area contributed by atoms with E-state index in [4.69, 9.17) is 9.72 Å². The van der Waals surface area contributed by atoms with E-state index in [1.165, 1.54) is 31.5 Å². The van der Waals surface area contributed by atoms with Gasteiger partial charge in [0.25, 0.3) is 0 Å². The number of carboxylic acid groups (broad SMARTS) is 1. The first-order valence-corrected chi connectivity index (χ1v) is 15.4. The topological polar surface area (TPSA) is 154 Å². The highest BCUT2D eigenvalue weighted by Crippen LogP contribution is 2.33. The molecular formula is C30H45N9O4. The number of aliphatic hydroxyl groups is 1. The van der Waals surface area contributed by atoms with Crippen molar-refractivity contribution in [3.63, 3.8) is 0 Å². The number of fused-ring (bicyclic) bond motifs is 1. The van der Waals surface area contributed by atoms with Gasteiger partial charge in [0.15, 0.2) is 5.82 Å². The van der Waals surface area contributed by atoms with Gasteiger partial charge in [-0.25, -0.2) is 9.78 Å². The minimum absolute atomic E-state index is 0.0239. The number of hydrogen-bond acceptors (Lipinski definition) is 10. The van der Waals surface area contributed by atoms with Gasteiger partial charge in [-0.3, -0.25) is 15.0 Å². The molecule has 4 N–H and O–H groups in total. The molecular weight excluding hydrogens is 550 g/mol. The van der Waals surface area contributed by atoms with Crippen LogP contribution in [0.25, 0.3) is 11.0 Å². The summed E-state index contributed by atoms with van der Waals surface area (Å²) in [6.07, 6.45) is 9.33. The Morgan fingerprint density at radius 1 is 1.12 bits per heavy atom. The fraction of sp³-hybridized carbons (Fsp3) is 0.633. The smallest absolute Gasteiger partial charge is 0.411 e. The van der Waals surface area contributed by atoms with Crippen molar-refractivity contribution in [2.75, 3.05) is 57.6 Å². The highest BCUT2D eigenvalue weighted by Gasteiger charge is 2.28. The fourth-order valence-electron chi connectivity index (χ4n) is 6.46. The molecule has 3 aromatic rings. The maximum Gasteiger partial charge on any atom is 0.411 e. The van der Waals surface area contributed by atoms with Crippen molar-refractivity contribution in [1.29, 1.82) is 0 Å². The van der Waals surface area contributed by atoms with Crippen molar-refractivity contribution < 1.29 is 19.7 Å². The molecule has 1 atom stereocenters. The Morgan fingerprint density at radius 2 is 1.88 bits per heavy atom. The molecule has 1 unspecified atom stereocenters. The van der Waals surface area contributed by atoms with Crippen molar-refractivity contribution in [3.05, 3.63) is 29.7 Å². The fourth-order valence-corrected chi connectivity index (χ4v) is 6.46. The van der Waals surface area contributed by atoms with E-state index in [0.29, 0.717) is 47.5 Å². The van der Waals surface area contributed by atoms with E-state index >= 15 is 0 Å². The van der Waals surface area contributed by atoms with Gasteiger partial charge in [0, 0.05) is 24.9 Å². The standard InChI is InChI=1S/C30H45N9O4/c1-4-5-22(10-15-40)33-28-27-24(34-29(35-28)36-30(41)42)18-32-39(27)19-25-26(43-3)16-21(17-31-25)20-6-13-38(14-7-20)23-8-11-37(2)12-9-23/h16-18,20,22-23,40H,4-15,19H2,1-3H3,(H,41,42)(H2,33,34,35,36). The molecule has 2 fully saturated rings. The number of aliphatic hydroxyl groups excluding tert-OH is 1. The van der Waals surface area contributed by atoms with E-state index in [1.54, 1.807) is 18.0 Å². The second-order valence-corrected chi connectivity index (χ2v) is 11.8. The Labute approximate surface area is 252 Å². The predicted molar refractivity (Wildman–Crippen MR) is 165 cm³/mol. The highest BCUT2D eigenvalue weighted by molar-refractivity contribution is 5.89. The van der Waals surface area contributed by atoms with E-state index in [0.717, 1.165) is 44.5 Å². The van der Waals surface area contributed by atoms with Crippen LogP contribution in [-0.2, 0) is 6.54 Å². The number of amides is 1. The Bertz CT molecular complexity index is 1360. The Hall–Kier alpha value is -3.55. The first-order valence-electron chi connectivity index (χ1n) is 15.4. The lowest BCUT2D eigenvalue weighted by atomic mass is 9.88. The Balaban J connectivity index is 1.35. The Morgan fingerprint density at radius 3 is 2.56 bits per heavy atom. The molecule has 2 aliphatic heterocycles. The zero-order chi connectivity index (χ0) is 30.3. The molecule has 3 aromatic heterocycles. The molecule has 13 heteroatoms. The van der Waals surface area contributed by atoms with E-state index in [2.05, 4.69) is 55.5 Å². The van der Waals surface area contributed by atoms with Gasteiger partial charge in [0.05, 0.1) is 19.9 Å². The van der Waals surface area contributed by atoms with E-state index in [1.807, 2.05) is 6.20 Å². The second-order valence-electron chi connectivity index (χ2n) is 11.8. The van der Waals surface area contributed by atoms with Crippen LogP contribution in [0.1, 0.15) is 69.0 Å². The molecule has 234 valence electrons. The summed E-state index contributed by atoms with van der Waals surface area (Å²) in [7, 11) is 3.88. The first kappa shape index (κ1) is 30.9. The highest BCUT2D eigenvalue weighted by atomic mass is 16.5. The molecule has 0 aliphatic carbocycles. The predicted octanol–water partition coefficient (Wildman–Crippen LogP) is 3.60. The summed E-state index contributed by atoms with van der Waals surface area (Å²) in [6.45, 7) is 7.03. The summed E-state index contributed by atoms with van der Waals surface area (Å²) < 4.78 is 7.58. The lowest BCUT2D eigenvalue weighted by Crippen LogP contribution is -2.46. The number of methoxy groups -OCH3 is 1. The maximum atomic E-state index is 11.3. The van der Waals surface area contributed by atoms with E-state index < -0.39 is 6.09 Å². The summed E-state index contributed by atoms with van der Waals surface area (Å²) in [6, 6.07) is 2.77. The number of likely N-dealkylation sites (tertiary alicyclic amines) is 2. The van der Waals surface area contributed by atoms with Crippen molar-refractivity contribution in [2.24, 2.45) is 0 Å². The van der Waals surface area contributed by atoms with Crippen molar-refractivity contribution in [3.8, 4) is 5.75 Å². The third-order valence-corrected chi connectivity index (χ3v) is 8.84. The third kappa shape index (κ3) is 7.51. The minimum Gasteiger partial charge on any atom is -0.495 e. The van der Waals surface area contributed by atoms with Gasteiger partial charge in [0.1, 0.15) is 22.5 Å². The zero-order valence-corrected chi connectivity index (χ0v) is 25.5. The summed E-state index contributed by atoms with van der Waals surface area (Å²) in [5, 5.41) is 29.0. The second kappa shape index (κ2) is 14.3. The van der Waals surface area contributed by atoms with Crippen LogP contribution in [0.15, 0.2) is 18.5 Å². The molecule has 0 bridgehead atoms. The number of piperidine rings is 2. The molecule has 0 aromatic carbocycles. The number of rotatable bonds is 12. The summed E-state index contributed by atoms with van der Waals surface area (Å²) >= 11 is 0. The van der Waals surface area contributed by atoms with Gasteiger partial charge in [-0.15, -0.1) is 0 Å². The van der Waals surface area contributed by atoms with Crippen LogP contribution in [0.3, 0.4) is 0 Å². The maximum absolute atomic E-state index is 11.3. The third-order valence-electron chi connectivity index (χ3n) is 8.84. The Kier molecular flexibility index (Phi) is 10.3. The molecule has 2 aliphatic rings. The normalized spacial score (nSPS) is 18.1. The van der Waals surface area contributed by atoms with Crippen LogP contribution in [0.5, 0.6) is 5.75 Å². The molecule has 0 saturated carbocycles. The number of carbonyl (C=O) groups is 1. The van der Waals surface area contributed by atoms with Gasteiger partial charge < -0.3 is 30.1 Å². The largest absolute Gasteiger partial charge is 0.495 e. The molecule has 1 amide bonds. The molecule has 0 spiro atoms.